The van der Waals surface area contributed by atoms with Gasteiger partial charge in [-0.05, 0) is 26.7 Å². The van der Waals surface area contributed by atoms with Gasteiger partial charge in [0.15, 0.2) is 0 Å². The first kappa shape index (κ1) is 12.5. The third kappa shape index (κ3) is 5.67. The number of rotatable bonds is 6. The Morgan fingerprint density at radius 1 is 1.15 bits per heavy atom. The quantitative estimate of drug-likeness (QED) is 0.596. The highest BCUT2D eigenvalue weighted by Gasteiger charge is 2.18. The van der Waals surface area contributed by atoms with Crippen LogP contribution in [0.5, 0.6) is 0 Å². The molecular formula is C11H22O2. The van der Waals surface area contributed by atoms with Gasteiger partial charge in [-0.3, -0.25) is 4.79 Å². The minimum absolute atomic E-state index is 0.0151. The van der Waals surface area contributed by atoms with E-state index in [1.54, 1.807) is 0 Å². The number of carbonyl (C=O) groups is 1. The smallest absolute Gasteiger partial charge is 0.309 e. The van der Waals surface area contributed by atoms with Crippen LogP contribution in [0.4, 0.5) is 0 Å². The Morgan fingerprint density at radius 3 is 1.92 bits per heavy atom. The van der Waals surface area contributed by atoms with E-state index in [0.717, 1.165) is 25.7 Å². The number of carbonyl (C=O) groups excluding carboxylic acids is 1. The maximum Gasteiger partial charge on any atom is 0.309 e. The predicted octanol–water partition coefficient (Wildman–Crippen LogP) is 3.15. The molecule has 0 saturated carbocycles. The van der Waals surface area contributed by atoms with E-state index in [4.69, 9.17) is 4.74 Å². The van der Waals surface area contributed by atoms with E-state index in [2.05, 4.69) is 13.8 Å². The summed E-state index contributed by atoms with van der Waals surface area (Å²) in [4.78, 5) is 11.5. The summed E-state index contributed by atoms with van der Waals surface area (Å²) in [6.45, 7) is 8.00. The van der Waals surface area contributed by atoms with E-state index >= 15 is 0 Å². The van der Waals surface area contributed by atoms with Gasteiger partial charge in [0.1, 0.15) is 0 Å². The molecule has 0 amide bonds. The van der Waals surface area contributed by atoms with E-state index in [1.807, 2.05) is 13.8 Å². The van der Waals surface area contributed by atoms with Gasteiger partial charge in [-0.25, -0.2) is 0 Å². The highest BCUT2D eigenvalue weighted by atomic mass is 16.5. The van der Waals surface area contributed by atoms with Crippen molar-refractivity contribution in [3.63, 3.8) is 0 Å². The van der Waals surface area contributed by atoms with Crippen molar-refractivity contribution < 1.29 is 9.53 Å². The fraction of sp³-hybridized carbons (Fsp3) is 0.909. The van der Waals surface area contributed by atoms with Gasteiger partial charge in [0.2, 0.25) is 0 Å². The van der Waals surface area contributed by atoms with Crippen molar-refractivity contribution in [3.8, 4) is 0 Å². The van der Waals surface area contributed by atoms with Crippen LogP contribution < -0.4 is 0 Å². The Balaban J connectivity index is 3.95. The topological polar surface area (TPSA) is 26.3 Å². The van der Waals surface area contributed by atoms with Gasteiger partial charge < -0.3 is 4.74 Å². The Bertz CT molecular complexity index is 135. The van der Waals surface area contributed by atoms with Gasteiger partial charge in [-0.15, -0.1) is 0 Å². The first-order valence-corrected chi connectivity index (χ1v) is 5.32. The van der Waals surface area contributed by atoms with Crippen molar-refractivity contribution >= 4 is 5.97 Å². The summed E-state index contributed by atoms with van der Waals surface area (Å²) >= 11 is 0. The maximum atomic E-state index is 11.5. The number of hydrogen-bond acceptors (Lipinski definition) is 2. The molecule has 0 rings (SSSR count). The summed E-state index contributed by atoms with van der Waals surface area (Å²) in [5.41, 5.74) is 0. The Morgan fingerprint density at radius 2 is 1.62 bits per heavy atom. The van der Waals surface area contributed by atoms with Crippen LogP contribution in [-0.4, -0.2) is 12.1 Å². The minimum atomic E-state index is -0.0151. The summed E-state index contributed by atoms with van der Waals surface area (Å²) in [5, 5.41) is 0. The van der Waals surface area contributed by atoms with Crippen LogP contribution in [0.25, 0.3) is 0 Å². The zero-order chi connectivity index (χ0) is 10.3. The lowest BCUT2D eigenvalue weighted by molar-refractivity contribution is -0.152. The summed E-state index contributed by atoms with van der Waals surface area (Å²) in [6, 6.07) is 0. The van der Waals surface area contributed by atoms with E-state index in [9.17, 15) is 4.79 Å². The molecule has 0 aliphatic carbocycles. The molecule has 0 aromatic heterocycles. The molecule has 78 valence electrons. The molecule has 0 aliphatic rings. The second-order valence-electron chi connectivity index (χ2n) is 3.76. The number of ether oxygens (including phenoxy) is 1. The molecule has 0 fully saturated rings. The second kappa shape index (κ2) is 6.93. The van der Waals surface area contributed by atoms with Crippen molar-refractivity contribution in [1.29, 1.82) is 0 Å². The number of hydrogen-bond donors (Lipinski definition) is 0. The normalized spacial score (nSPS) is 10.9. The average molecular weight is 186 g/mol. The largest absolute Gasteiger partial charge is 0.463 e. The highest BCUT2D eigenvalue weighted by molar-refractivity contribution is 5.72. The zero-order valence-electron chi connectivity index (χ0n) is 9.30. The van der Waals surface area contributed by atoms with E-state index in [-0.39, 0.29) is 18.0 Å². The molecule has 0 radical (unpaired) electrons. The Hall–Kier alpha value is -0.530. The van der Waals surface area contributed by atoms with Crippen LogP contribution >= 0.6 is 0 Å². The molecule has 0 aliphatic heterocycles. The van der Waals surface area contributed by atoms with Crippen LogP contribution in [0.3, 0.4) is 0 Å². The highest BCUT2D eigenvalue weighted by Crippen LogP contribution is 2.15. The van der Waals surface area contributed by atoms with Gasteiger partial charge in [-0.2, -0.15) is 0 Å². The van der Waals surface area contributed by atoms with Crippen molar-refractivity contribution in [1.82, 2.24) is 0 Å². The standard InChI is InChI=1S/C11H22O2/c1-5-7-10(8-6-2)11(12)13-9(3)4/h9-10H,5-8H2,1-4H3. The SMILES string of the molecule is CCCC(CCC)C(=O)OC(C)C. The Labute approximate surface area is 81.7 Å². The summed E-state index contributed by atoms with van der Waals surface area (Å²) in [7, 11) is 0. The molecule has 0 spiro atoms. The zero-order valence-corrected chi connectivity index (χ0v) is 9.30. The average Bonchev–Trinajstić information content (AvgIpc) is 2.02. The molecule has 2 heteroatoms. The van der Waals surface area contributed by atoms with Crippen LogP contribution in [0, 0.1) is 5.92 Å². The molecule has 0 aromatic rings. The molecule has 13 heavy (non-hydrogen) atoms. The third-order valence-electron chi connectivity index (χ3n) is 1.96. The third-order valence-corrected chi connectivity index (χ3v) is 1.96. The van der Waals surface area contributed by atoms with Crippen LogP contribution in [0.15, 0.2) is 0 Å². The first-order chi connectivity index (χ1) is 6.11. The van der Waals surface area contributed by atoms with Crippen LogP contribution in [0.1, 0.15) is 53.4 Å². The molecule has 2 nitrogen and oxygen atoms in total. The summed E-state index contributed by atoms with van der Waals surface area (Å²) < 4.78 is 5.18. The Kier molecular flexibility index (Phi) is 6.65. The lowest BCUT2D eigenvalue weighted by Crippen LogP contribution is -2.21. The van der Waals surface area contributed by atoms with Crippen molar-refractivity contribution in [2.24, 2.45) is 5.92 Å². The molecule has 0 aromatic carbocycles. The van der Waals surface area contributed by atoms with E-state index in [1.165, 1.54) is 0 Å². The van der Waals surface area contributed by atoms with Crippen LogP contribution in [-0.2, 0) is 9.53 Å². The van der Waals surface area contributed by atoms with Crippen molar-refractivity contribution in [2.75, 3.05) is 0 Å². The van der Waals surface area contributed by atoms with Crippen molar-refractivity contribution in [3.05, 3.63) is 0 Å². The monoisotopic (exact) mass is 186 g/mol. The van der Waals surface area contributed by atoms with Gasteiger partial charge in [0.25, 0.3) is 0 Å². The maximum absolute atomic E-state index is 11.5. The van der Waals surface area contributed by atoms with Gasteiger partial charge in [0.05, 0.1) is 12.0 Å². The van der Waals surface area contributed by atoms with Gasteiger partial charge in [0, 0.05) is 0 Å². The van der Waals surface area contributed by atoms with Crippen molar-refractivity contribution in [2.45, 2.75) is 59.5 Å². The summed E-state index contributed by atoms with van der Waals surface area (Å²) in [5.74, 6) is 0.108. The fourth-order valence-electron chi connectivity index (χ4n) is 1.41. The molecule has 0 heterocycles. The van der Waals surface area contributed by atoms with Crippen LogP contribution in [0.2, 0.25) is 0 Å². The van der Waals surface area contributed by atoms with Gasteiger partial charge >= 0.3 is 5.97 Å². The second-order valence-corrected chi connectivity index (χ2v) is 3.76. The first-order valence-electron chi connectivity index (χ1n) is 5.32. The lowest BCUT2D eigenvalue weighted by Gasteiger charge is -2.16. The summed E-state index contributed by atoms with van der Waals surface area (Å²) in [6.07, 6.45) is 4.04. The lowest BCUT2D eigenvalue weighted by atomic mass is 9.98. The molecule has 0 bridgehead atoms. The van der Waals surface area contributed by atoms with Gasteiger partial charge in [-0.1, -0.05) is 26.7 Å². The number of esters is 1. The minimum Gasteiger partial charge on any atom is -0.463 e. The molecule has 0 saturated heterocycles. The molecule has 0 N–H and O–H groups in total. The molecular weight excluding hydrogens is 164 g/mol. The fourth-order valence-corrected chi connectivity index (χ4v) is 1.41. The molecule has 0 atom stereocenters. The predicted molar refractivity (Wildman–Crippen MR) is 54.5 cm³/mol. The van der Waals surface area contributed by atoms with E-state index < -0.39 is 0 Å². The molecule has 0 unspecified atom stereocenters. The van der Waals surface area contributed by atoms with E-state index in [0.29, 0.717) is 0 Å².